The van der Waals surface area contributed by atoms with Crippen molar-refractivity contribution in [1.29, 1.82) is 0 Å². The van der Waals surface area contributed by atoms with E-state index in [9.17, 15) is 0 Å². The second-order valence-corrected chi connectivity index (χ2v) is 5.90. The maximum atomic E-state index is 5.47. The second kappa shape index (κ2) is 5.07. The number of nitrogens with one attached hydrogen (secondary N) is 1. The molecule has 0 saturated heterocycles. The van der Waals surface area contributed by atoms with Crippen LogP contribution in [0.25, 0.3) is 16.7 Å². The van der Waals surface area contributed by atoms with E-state index in [-0.39, 0.29) is 0 Å². The fraction of sp³-hybridized carbons (Fsp3) is 0.133. The van der Waals surface area contributed by atoms with Crippen molar-refractivity contribution in [3.8, 4) is 11.4 Å². The molecule has 3 aromatic rings. The Morgan fingerprint density at radius 1 is 1.20 bits per heavy atom. The Bertz CT molecular complexity index is 851. The van der Waals surface area contributed by atoms with Crippen molar-refractivity contribution in [2.45, 2.75) is 6.92 Å². The monoisotopic (exact) mass is 348 g/mol. The lowest BCUT2D eigenvalue weighted by Crippen LogP contribution is -1.98. The first-order chi connectivity index (χ1) is 9.60. The Morgan fingerprint density at radius 2 is 2.00 bits per heavy atom. The Morgan fingerprint density at radius 3 is 2.75 bits per heavy atom. The molecule has 5 heteroatoms. The van der Waals surface area contributed by atoms with Gasteiger partial charge in [0.25, 0.3) is 0 Å². The molecule has 0 bridgehead atoms. The van der Waals surface area contributed by atoms with E-state index in [0.717, 1.165) is 32.5 Å². The zero-order valence-corrected chi connectivity index (χ0v) is 13.5. The average molecular weight is 349 g/mol. The van der Waals surface area contributed by atoms with Crippen molar-refractivity contribution in [2.75, 3.05) is 7.11 Å². The van der Waals surface area contributed by atoms with E-state index in [0.29, 0.717) is 4.77 Å². The number of imidazole rings is 1. The molecule has 3 nitrogen and oxygen atoms in total. The van der Waals surface area contributed by atoms with E-state index >= 15 is 0 Å². The highest BCUT2D eigenvalue weighted by molar-refractivity contribution is 9.10. The Labute approximate surface area is 130 Å². The lowest BCUT2D eigenvalue weighted by Gasteiger charge is -2.11. The van der Waals surface area contributed by atoms with E-state index in [1.165, 1.54) is 0 Å². The smallest absolute Gasteiger partial charge is 0.182 e. The highest BCUT2D eigenvalue weighted by Gasteiger charge is 2.11. The maximum Gasteiger partial charge on any atom is 0.182 e. The van der Waals surface area contributed by atoms with Crippen LogP contribution >= 0.6 is 28.1 Å². The van der Waals surface area contributed by atoms with Crippen molar-refractivity contribution < 1.29 is 4.74 Å². The van der Waals surface area contributed by atoms with Crippen molar-refractivity contribution in [3.63, 3.8) is 0 Å². The lowest BCUT2D eigenvalue weighted by molar-refractivity contribution is 0.413. The van der Waals surface area contributed by atoms with Crippen molar-refractivity contribution >= 4 is 39.2 Å². The number of rotatable bonds is 2. The van der Waals surface area contributed by atoms with Crippen LogP contribution in [-0.2, 0) is 0 Å². The van der Waals surface area contributed by atoms with Crippen LogP contribution in [0.1, 0.15) is 5.56 Å². The molecular weight excluding hydrogens is 336 g/mol. The maximum absolute atomic E-state index is 5.47. The predicted octanol–water partition coefficient (Wildman–Crippen LogP) is 4.77. The van der Waals surface area contributed by atoms with E-state index in [4.69, 9.17) is 17.0 Å². The largest absolute Gasteiger partial charge is 0.495 e. The molecule has 1 aromatic heterocycles. The summed E-state index contributed by atoms with van der Waals surface area (Å²) in [5.41, 5.74) is 4.13. The number of ether oxygens (including phenoxy) is 1. The number of hydrogen-bond donors (Lipinski definition) is 1. The van der Waals surface area contributed by atoms with Crippen LogP contribution < -0.4 is 4.74 Å². The first-order valence-electron chi connectivity index (χ1n) is 6.15. The third-order valence-electron chi connectivity index (χ3n) is 3.22. The summed E-state index contributed by atoms with van der Waals surface area (Å²) >= 11 is 8.94. The van der Waals surface area contributed by atoms with Gasteiger partial charge in [-0.3, -0.25) is 4.57 Å². The number of aromatic amines is 1. The summed E-state index contributed by atoms with van der Waals surface area (Å²) in [6, 6.07) is 12.1. The summed E-state index contributed by atoms with van der Waals surface area (Å²) in [5.74, 6) is 0.801. The SMILES string of the molecule is COc1ccc(C)cc1-n1c(=S)[nH]c2cc(Br)ccc21. The van der Waals surface area contributed by atoms with Gasteiger partial charge in [0, 0.05) is 4.47 Å². The highest BCUT2D eigenvalue weighted by atomic mass is 79.9. The molecule has 3 rings (SSSR count). The fourth-order valence-electron chi connectivity index (χ4n) is 2.30. The molecule has 102 valence electrons. The molecule has 0 fully saturated rings. The summed E-state index contributed by atoms with van der Waals surface area (Å²) in [6.07, 6.45) is 0. The van der Waals surface area contributed by atoms with Gasteiger partial charge in [-0.25, -0.2) is 0 Å². The van der Waals surface area contributed by atoms with Crippen LogP contribution in [0.4, 0.5) is 0 Å². The van der Waals surface area contributed by atoms with Crippen LogP contribution in [-0.4, -0.2) is 16.7 Å². The topological polar surface area (TPSA) is 29.9 Å². The van der Waals surface area contributed by atoms with E-state index < -0.39 is 0 Å². The summed E-state index contributed by atoms with van der Waals surface area (Å²) in [4.78, 5) is 3.23. The molecule has 0 spiro atoms. The first kappa shape index (κ1) is 13.4. The zero-order valence-electron chi connectivity index (χ0n) is 11.1. The number of hydrogen-bond acceptors (Lipinski definition) is 2. The molecule has 0 saturated carbocycles. The van der Waals surface area contributed by atoms with Crippen LogP contribution in [0.2, 0.25) is 0 Å². The molecule has 0 aliphatic heterocycles. The van der Waals surface area contributed by atoms with Crippen molar-refractivity contribution in [3.05, 3.63) is 51.2 Å². The quantitative estimate of drug-likeness (QED) is 0.676. The van der Waals surface area contributed by atoms with E-state index in [1.807, 2.05) is 34.9 Å². The number of fused-ring (bicyclic) bond motifs is 1. The van der Waals surface area contributed by atoms with Crippen LogP contribution in [0.3, 0.4) is 0 Å². The minimum absolute atomic E-state index is 0.655. The lowest BCUT2D eigenvalue weighted by atomic mass is 10.2. The normalized spacial score (nSPS) is 10.9. The van der Waals surface area contributed by atoms with Gasteiger partial charge in [0.2, 0.25) is 0 Å². The molecule has 2 aromatic carbocycles. The molecule has 0 atom stereocenters. The van der Waals surface area contributed by atoms with Crippen molar-refractivity contribution in [1.82, 2.24) is 9.55 Å². The van der Waals surface area contributed by atoms with Gasteiger partial charge in [-0.2, -0.15) is 0 Å². The molecule has 0 amide bonds. The molecule has 1 heterocycles. The number of aryl methyl sites for hydroxylation is 1. The summed E-state index contributed by atoms with van der Waals surface area (Å²) in [5, 5.41) is 0. The van der Waals surface area contributed by atoms with Gasteiger partial charge in [0.15, 0.2) is 4.77 Å². The summed E-state index contributed by atoms with van der Waals surface area (Å²) in [7, 11) is 1.67. The van der Waals surface area contributed by atoms with Gasteiger partial charge in [0.1, 0.15) is 5.75 Å². The minimum atomic E-state index is 0.655. The van der Waals surface area contributed by atoms with Gasteiger partial charge in [0.05, 0.1) is 23.8 Å². The molecule has 0 aliphatic carbocycles. The fourth-order valence-corrected chi connectivity index (χ4v) is 2.97. The Kier molecular flexibility index (Phi) is 3.40. The molecular formula is C15H13BrN2OS. The number of methoxy groups -OCH3 is 1. The number of nitrogens with zero attached hydrogens (tertiary/aromatic N) is 1. The number of H-pyrrole nitrogens is 1. The third-order valence-corrected chi connectivity index (χ3v) is 4.00. The summed E-state index contributed by atoms with van der Waals surface area (Å²) in [6.45, 7) is 2.05. The average Bonchev–Trinajstić information content (AvgIpc) is 2.73. The minimum Gasteiger partial charge on any atom is -0.495 e. The predicted molar refractivity (Wildman–Crippen MR) is 87.4 cm³/mol. The van der Waals surface area contributed by atoms with Gasteiger partial charge in [-0.1, -0.05) is 22.0 Å². The molecule has 1 N–H and O–H groups in total. The van der Waals surface area contributed by atoms with Gasteiger partial charge in [-0.15, -0.1) is 0 Å². The molecule has 20 heavy (non-hydrogen) atoms. The zero-order chi connectivity index (χ0) is 14.3. The van der Waals surface area contributed by atoms with E-state index in [2.05, 4.69) is 33.9 Å². The summed E-state index contributed by atoms with van der Waals surface area (Å²) < 4.78 is 9.14. The van der Waals surface area contributed by atoms with Gasteiger partial charge >= 0.3 is 0 Å². The third kappa shape index (κ3) is 2.17. The van der Waals surface area contributed by atoms with E-state index in [1.54, 1.807) is 7.11 Å². The molecule has 0 aliphatic rings. The van der Waals surface area contributed by atoms with Gasteiger partial charge in [-0.05, 0) is 55.0 Å². The number of halogens is 1. The number of benzene rings is 2. The Balaban J connectivity index is 2.37. The molecule has 0 unspecified atom stereocenters. The van der Waals surface area contributed by atoms with Gasteiger partial charge < -0.3 is 9.72 Å². The van der Waals surface area contributed by atoms with Crippen molar-refractivity contribution in [2.24, 2.45) is 0 Å². The highest BCUT2D eigenvalue weighted by Crippen LogP contribution is 2.29. The molecule has 0 radical (unpaired) electrons. The number of aromatic nitrogens is 2. The Hall–Kier alpha value is -1.59. The second-order valence-electron chi connectivity index (χ2n) is 4.60. The van der Waals surface area contributed by atoms with Crippen LogP contribution in [0.5, 0.6) is 5.75 Å². The van der Waals surface area contributed by atoms with Crippen LogP contribution in [0.15, 0.2) is 40.9 Å². The first-order valence-corrected chi connectivity index (χ1v) is 7.35. The van der Waals surface area contributed by atoms with Crippen LogP contribution in [0, 0.1) is 11.7 Å². The standard InChI is InChI=1S/C15H13BrN2OS/c1-9-3-6-14(19-2)13(7-9)18-12-5-4-10(16)8-11(12)17-15(18)20/h3-8H,1-2H3,(H,17,20).